The van der Waals surface area contributed by atoms with E-state index in [1.165, 1.54) is 12.1 Å². The van der Waals surface area contributed by atoms with Crippen LogP contribution in [-0.2, 0) is 4.79 Å². The van der Waals surface area contributed by atoms with Gasteiger partial charge in [0.15, 0.2) is 0 Å². The van der Waals surface area contributed by atoms with Crippen molar-refractivity contribution >= 4 is 5.97 Å². The lowest BCUT2D eigenvalue weighted by Crippen LogP contribution is -2.26. The molecule has 16 heavy (non-hydrogen) atoms. The minimum atomic E-state index is -0.900. The van der Waals surface area contributed by atoms with E-state index in [1.54, 1.807) is 12.1 Å². The van der Waals surface area contributed by atoms with Crippen LogP contribution in [0.15, 0.2) is 24.3 Å². The van der Waals surface area contributed by atoms with Gasteiger partial charge in [0.1, 0.15) is 5.82 Å². The SMILES string of the molecule is O=C(O)CCN[C@H](CO)c1ccc(F)cc1. The van der Waals surface area contributed by atoms with E-state index >= 15 is 0 Å². The summed E-state index contributed by atoms with van der Waals surface area (Å²) in [4.78, 5) is 10.3. The van der Waals surface area contributed by atoms with Gasteiger partial charge in [-0.3, -0.25) is 4.79 Å². The molecule has 0 unspecified atom stereocenters. The highest BCUT2D eigenvalue weighted by Crippen LogP contribution is 2.12. The fourth-order valence-corrected chi connectivity index (χ4v) is 1.34. The molecule has 1 rings (SSSR count). The van der Waals surface area contributed by atoms with Crippen molar-refractivity contribution in [2.45, 2.75) is 12.5 Å². The van der Waals surface area contributed by atoms with Crippen LogP contribution in [0.4, 0.5) is 4.39 Å². The molecule has 0 spiro atoms. The molecule has 1 aromatic rings. The van der Waals surface area contributed by atoms with Crippen molar-refractivity contribution in [1.82, 2.24) is 5.32 Å². The first-order chi connectivity index (χ1) is 7.63. The van der Waals surface area contributed by atoms with Crippen LogP contribution < -0.4 is 5.32 Å². The molecule has 4 nitrogen and oxygen atoms in total. The molecule has 88 valence electrons. The number of rotatable bonds is 6. The number of carbonyl (C=O) groups is 1. The van der Waals surface area contributed by atoms with Gasteiger partial charge in [-0.25, -0.2) is 4.39 Å². The van der Waals surface area contributed by atoms with Crippen molar-refractivity contribution in [3.8, 4) is 0 Å². The van der Waals surface area contributed by atoms with Crippen LogP contribution in [0.1, 0.15) is 18.0 Å². The zero-order valence-corrected chi connectivity index (χ0v) is 8.69. The van der Waals surface area contributed by atoms with Crippen molar-refractivity contribution in [1.29, 1.82) is 0 Å². The smallest absolute Gasteiger partial charge is 0.304 e. The number of nitrogens with one attached hydrogen (secondary N) is 1. The number of aliphatic hydroxyl groups is 1. The zero-order valence-electron chi connectivity index (χ0n) is 8.69. The third kappa shape index (κ3) is 3.96. The minimum Gasteiger partial charge on any atom is -0.481 e. The van der Waals surface area contributed by atoms with E-state index in [2.05, 4.69) is 5.32 Å². The van der Waals surface area contributed by atoms with Crippen LogP contribution >= 0.6 is 0 Å². The van der Waals surface area contributed by atoms with Crippen molar-refractivity contribution < 1.29 is 19.4 Å². The monoisotopic (exact) mass is 227 g/mol. The number of hydrogen-bond donors (Lipinski definition) is 3. The van der Waals surface area contributed by atoms with Crippen LogP contribution in [0.5, 0.6) is 0 Å². The molecule has 3 N–H and O–H groups in total. The average Bonchev–Trinajstić information content (AvgIpc) is 2.26. The van der Waals surface area contributed by atoms with Crippen LogP contribution in [0.2, 0.25) is 0 Å². The van der Waals surface area contributed by atoms with E-state index < -0.39 is 5.97 Å². The van der Waals surface area contributed by atoms with Gasteiger partial charge in [-0.1, -0.05) is 12.1 Å². The van der Waals surface area contributed by atoms with Gasteiger partial charge < -0.3 is 15.5 Å². The van der Waals surface area contributed by atoms with E-state index in [-0.39, 0.29) is 31.4 Å². The average molecular weight is 227 g/mol. The van der Waals surface area contributed by atoms with E-state index in [1.807, 2.05) is 0 Å². The summed E-state index contributed by atoms with van der Waals surface area (Å²) in [6.07, 6.45) is -0.0162. The first-order valence-electron chi connectivity index (χ1n) is 4.95. The van der Waals surface area contributed by atoms with Crippen molar-refractivity contribution in [3.63, 3.8) is 0 Å². The summed E-state index contributed by atoms with van der Waals surface area (Å²) >= 11 is 0. The van der Waals surface area contributed by atoms with E-state index in [0.29, 0.717) is 0 Å². The highest BCUT2D eigenvalue weighted by atomic mass is 19.1. The second-order valence-corrected chi connectivity index (χ2v) is 3.38. The molecule has 0 aliphatic heterocycles. The van der Waals surface area contributed by atoms with E-state index in [0.717, 1.165) is 5.56 Å². The maximum atomic E-state index is 12.7. The molecule has 0 heterocycles. The molecule has 0 aliphatic carbocycles. The predicted octanol–water partition coefficient (Wildman–Crippen LogP) is 0.923. The quantitative estimate of drug-likeness (QED) is 0.676. The molecule has 5 heteroatoms. The summed E-state index contributed by atoms with van der Waals surface area (Å²) in [5.41, 5.74) is 0.731. The third-order valence-electron chi connectivity index (χ3n) is 2.18. The Bertz CT molecular complexity index is 340. The van der Waals surface area contributed by atoms with Gasteiger partial charge in [-0.05, 0) is 17.7 Å². The number of aliphatic hydroxyl groups excluding tert-OH is 1. The summed E-state index contributed by atoms with van der Waals surface area (Å²) in [6.45, 7) is 0.100. The second-order valence-electron chi connectivity index (χ2n) is 3.38. The maximum Gasteiger partial charge on any atom is 0.304 e. The van der Waals surface area contributed by atoms with Crippen molar-refractivity contribution in [2.24, 2.45) is 0 Å². The Hall–Kier alpha value is -1.46. The highest BCUT2D eigenvalue weighted by Gasteiger charge is 2.09. The molecule has 0 saturated heterocycles. The second kappa shape index (κ2) is 6.19. The van der Waals surface area contributed by atoms with Crippen molar-refractivity contribution in [3.05, 3.63) is 35.6 Å². The lowest BCUT2D eigenvalue weighted by Gasteiger charge is -2.15. The Morgan fingerprint density at radius 2 is 2.00 bits per heavy atom. The summed E-state index contributed by atoms with van der Waals surface area (Å²) < 4.78 is 12.7. The molecule has 0 saturated carbocycles. The molecule has 0 aliphatic rings. The molecule has 0 amide bonds. The molecule has 1 atom stereocenters. The lowest BCUT2D eigenvalue weighted by molar-refractivity contribution is -0.136. The van der Waals surface area contributed by atoms with Gasteiger partial charge in [0.2, 0.25) is 0 Å². The molecular formula is C11H14FNO3. The summed E-state index contributed by atoms with van der Waals surface area (Å²) in [7, 11) is 0. The topological polar surface area (TPSA) is 69.6 Å². The largest absolute Gasteiger partial charge is 0.481 e. The first-order valence-corrected chi connectivity index (χ1v) is 4.95. The molecular weight excluding hydrogens is 213 g/mol. The number of carboxylic acid groups (broad SMARTS) is 1. The van der Waals surface area contributed by atoms with Gasteiger partial charge in [0, 0.05) is 6.54 Å². The molecule has 0 fully saturated rings. The fourth-order valence-electron chi connectivity index (χ4n) is 1.34. The minimum absolute atomic E-state index is 0.0162. The fraction of sp³-hybridized carbons (Fsp3) is 0.364. The van der Waals surface area contributed by atoms with Gasteiger partial charge in [-0.15, -0.1) is 0 Å². The Kier molecular flexibility index (Phi) is 4.88. The summed E-state index contributed by atoms with van der Waals surface area (Å²) in [5, 5.41) is 20.4. The number of hydrogen-bond acceptors (Lipinski definition) is 3. The molecule has 1 aromatic carbocycles. The van der Waals surface area contributed by atoms with Crippen LogP contribution in [0, 0.1) is 5.82 Å². The Morgan fingerprint density at radius 1 is 1.38 bits per heavy atom. The number of benzene rings is 1. The summed E-state index contributed by atoms with van der Waals surface area (Å²) in [5.74, 6) is -1.24. The number of halogens is 1. The van der Waals surface area contributed by atoms with Gasteiger partial charge >= 0.3 is 5.97 Å². The molecule has 0 aromatic heterocycles. The zero-order chi connectivity index (χ0) is 12.0. The maximum absolute atomic E-state index is 12.7. The first kappa shape index (κ1) is 12.6. The van der Waals surface area contributed by atoms with Crippen LogP contribution in [0.3, 0.4) is 0 Å². The Morgan fingerprint density at radius 3 is 2.50 bits per heavy atom. The van der Waals surface area contributed by atoms with Crippen LogP contribution in [0.25, 0.3) is 0 Å². The number of aliphatic carboxylic acids is 1. The lowest BCUT2D eigenvalue weighted by atomic mass is 10.1. The third-order valence-corrected chi connectivity index (χ3v) is 2.18. The highest BCUT2D eigenvalue weighted by molar-refractivity contribution is 5.66. The Labute approximate surface area is 92.7 Å². The Balaban J connectivity index is 2.53. The van der Waals surface area contributed by atoms with Gasteiger partial charge in [-0.2, -0.15) is 0 Å². The van der Waals surface area contributed by atoms with Gasteiger partial charge in [0.25, 0.3) is 0 Å². The molecule has 0 radical (unpaired) electrons. The van der Waals surface area contributed by atoms with Crippen LogP contribution in [-0.4, -0.2) is 29.3 Å². The number of carboxylic acids is 1. The predicted molar refractivity (Wildman–Crippen MR) is 56.5 cm³/mol. The van der Waals surface area contributed by atoms with E-state index in [4.69, 9.17) is 10.2 Å². The van der Waals surface area contributed by atoms with Gasteiger partial charge in [0.05, 0.1) is 19.1 Å². The van der Waals surface area contributed by atoms with Crippen molar-refractivity contribution in [2.75, 3.05) is 13.2 Å². The normalized spacial score (nSPS) is 12.4. The van der Waals surface area contributed by atoms with E-state index in [9.17, 15) is 9.18 Å². The standard InChI is InChI=1S/C11H14FNO3/c12-9-3-1-8(2-4-9)10(7-14)13-6-5-11(15)16/h1-4,10,13-14H,5-7H2,(H,15,16)/t10-/m1/s1. The molecule has 0 bridgehead atoms. The summed E-state index contributed by atoms with van der Waals surface area (Å²) in [6, 6.07) is 5.36.